The van der Waals surface area contributed by atoms with Crippen molar-refractivity contribution >= 4 is 74.3 Å². The van der Waals surface area contributed by atoms with E-state index in [0.29, 0.717) is 37.5 Å². The largest absolute Gasteiger partial charge is 0.422 e. The Morgan fingerprint density at radius 2 is 1.69 bits per heavy atom. The van der Waals surface area contributed by atoms with Crippen molar-refractivity contribution in [3.63, 3.8) is 0 Å². The first-order valence-corrected chi connectivity index (χ1v) is 11.8. The van der Waals surface area contributed by atoms with Crippen LogP contribution in [0.4, 0.5) is 5.69 Å². The predicted octanol–water partition coefficient (Wildman–Crippen LogP) is 5.82. The van der Waals surface area contributed by atoms with E-state index in [1.165, 1.54) is 17.6 Å². The van der Waals surface area contributed by atoms with Crippen LogP contribution in [0.25, 0.3) is 10.1 Å². The molecule has 2 N–H and O–H groups in total. The van der Waals surface area contributed by atoms with Gasteiger partial charge in [0.1, 0.15) is 10.6 Å². The highest BCUT2D eigenvalue weighted by molar-refractivity contribution is 7.21. The van der Waals surface area contributed by atoms with Crippen LogP contribution >= 0.6 is 34.5 Å². The summed E-state index contributed by atoms with van der Waals surface area (Å²) in [6, 6.07) is 18.9. The normalized spacial score (nSPS) is 10.9. The van der Waals surface area contributed by atoms with Crippen LogP contribution in [-0.4, -0.2) is 24.0 Å². The van der Waals surface area contributed by atoms with Gasteiger partial charge < -0.3 is 10.1 Å². The quantitative estimate of drug-likeness (QED) is 0.113. The van der Waals surface area contributed by atoms with Gasteiger partial charge in [-0.15, -0.1) is 11.3 Å². The lowest BCUT2D eigenvalue weighted by molar-refractivity contribution is -0.136. The number of carbonyl (C=O) groups is 3. The van der Waals surface area contributed by atoms with Crippen molar-refractivity contribution in [3.05, 3.63) is 92.8 Å². The number of thiophene rings is 1. The number of nitrogens with one attached hydrogen (secondary N) is 2. The van der Waals surface area contributed by atoms with Gasteiger partial charge in [0.15, 0.2) is 0 Å². The summed E-state index contributed by atoms with van der Waals surface area (Å²) in [4.78, 5) is 36.9. The molecule has 3 aromatic carbocycles. The number of rotatable bonds is 5. The summed E-state index contributed by atoms with van der Waals surface area (Å²) in [5, 5.41) is 7.91. The van der Waals surface area contributed by atoms with Crippen LogP contribution in [0, 0.1) is 6.92 Å². The molecule has 0 aliphatic heterocycles. The third-order valence-electron chi connectivity index (χ3n) is 4.91. The van der Waals surface area contributed by atoms with Gasteiger partial charge in [0.2, 0.25) is 0 Å². The minimum Gasteiger partial charge on any atom is -0.422 e. The van der Waals surface area contributed by atoms with E-state index in [0.717, 1.165) is 10.1 Å². The van der Waals surface area contributed by atoms with Gasteiger partial charge in [0.25, 0.3) is 0 Å². The number of esters is 1. The molecule has 0 bridgehead atoms. The smallest absolute Gasteiger partial charge is 0.355 e. The Balaban J connectivity index is 1.33. The molecule has 0 radical (unpaired) electrons. The molecule has 1 aromatic heterocycles. The van der Waals surface area contributed by atoms with E-state index in [-0.39, 0.29) is 0 Å². The fourth-order valence-corrected chi connectivity index (χ4v) is 4.62. The number of carbonyl (C=O) groups excluding carboxylic acids is 3. The first-order chi connectivity index (χ1) is 16.8. The second-order valence-corrected chi connectivity index (χ2v) is 9.10. The monoisotopic (exact) mass is 525 g/mol. The molecular weight excluding hydrogens is 509 g/mol. The average Bonchev–Trinajstić information content (AvgIpc) is 3.19. The number of hydrogen-bond acceptors (Lipinski definition) is 6. The summed E-state index contributed by atoms with van der Waals surface area (Å²) in [5.74, 6) is -2.05. The summed E-state index contributed by atoms with van der Waals surface area (Å²) in [6.07, 6.45) is 1.35. The maximum absolute atomic E-state index is 12.6. The predicted molar refractivity (Wildman–Crippen MR) is 139 cm³/mol. The topological polar surface area (TPSA) is 96.9 Å². The molecule has 176 valence electrons. The number of halogens is 2. The number of hydrazone groups is 1. The van der Waals surface area contributed by atoms with Gasteiger partial charge in [-0.1, -0.05) is 47.5 Å². The highest BCUT2D eigenvalue weighted by Crippen LogP contribution is 2.35. The Hall–Kier alpha value is -3.72. The number of nitrogens with zero attached hydrogens (tertiary/aromatic N) is 1. The SMILES string of the molecule is Cc1c(Cl)cccc1NC(=O)C(=O)N/N=C/c1ccc(OC(=O)c2sc3ccccc3c2Cl)cc1. The zero-order valence-electron chi connectivity index (χ0n) is 18.2. The van der Waals surface area contributed by atoms with Crippen molar-refractivity contribution in [2.24, 2.45) is 5.10 Å². The molecule has 2 amide bonds. The number of hydrogen-bond donors (Lipinski definition) is 2. The Bertz CT molecular complexity index is 1470. The lowest BCUT2D eigenvalue weighted by Crippen LogP contribution is -2.32. The van der Waals surface area contributed by atoms with Crippen molar-refractivity contribution in [2.75, 3.05) is 5.32 Å². The van der Waals surface area contributed by atoms with Gasteiger partial charge in [-0.3, -0.25) is 9.59 Å². The van der Waals surface area contributed by atoms with Gasteiger partial charge in [-0.2, -0.15) is 5.10 Å². The minimum atomic E-state index is -0.939. The number of anilines is 1. The maximum atomic E-state index is 12.6. The lowest BCUT2D eigenvalue weighted by atomic mass is 10.2. The lowest BCUT2D eigenvalue weighted by Gasteiger charge is -2.08. The van der Waals surface area contributed by atoms with Crippen LogP contribution in [-0.2, 0) is 9.59 Å². The molecule has 0 aliphatic carbocycles. The van der Waals surface area contributed by atoms with E-state index in [1.807, 2.05) is 24.3 Å². The van der Waals surface area contributed by atoms with Gasteiger partial charge in [0, 0.05) is 20.8 Å². The maximum Gasteiger partial charge on any atom is 0.355 e. The van der Waals surface area contributed by atoms with Gasteiger partial charge in [0.05, 0.1) is 11.2 Å². The summed E-state index contributed by atoms with van der Waals surface area (Å²) < 4.78 is 6.32. The van der Waals surface area contributed by atoms with Gasteiger partial charge >= 0.3 is 17.8 Å². The fourth-order valence-electron chi connectivity index (χ4n) is 3.06. The molecule has 1 heterocycles. The third-order valence-corrected chi connectivity index (χ3v) is 6.98. The molecule has 0 saturated heterocycles. The van der Waals surface area contributed by atoms with E-state index in [4.69, 9.17) is 27.9 Å². The van der Waals surface area contributed by atoms with Crippen LogP contribution < -0.4 is 15.5 Å². The summed E-state index contributed by atoms with van der Waals surface area (Å²) >= 11 is 13.6. The molecule has 7 nitrogen and oxygen atoms in total. The highest BCUT2D eigenvalue weighted by atomic mass is 35.5. The highest BCUT2D eigenvalue weighted by Gasteiger charge is 2.19. The molecule has 0 saturated carbocycles. The molecule has 0 unspecified atom stereocenters. The molecule has 0 atom stereocenters. The van der Waals surface area contributed by atoms with Crippen molar-refractivity contribution in [3.8, 4) is 5.75 Å². The minimum absolute atomic E-state index is 0.320. The van der Waals surface area contributed by atoms with Crippen LogP contribution in [0.5, 0.6) is 5.75 Å². The summed E-state index contributed by atoms with van der Waals surface area (Å²) in [7, 11) is 0. The fraction of sp³-hybridized carbons (Fsp3) is 0.0400. The first kappa shape index (κ1) is 24.4. The second-order valence-electron chi connectivity index (χ2n) is 7.27. The Labute approximate surface area is 214 Å². The Kier molecular flexibility index (Phi) is 7.45. The average molecular weight is 526 g/mol. The number of fused-ring (bicyclic) bond motifs is 1. The van der Waals surface area contributed by atoms with E-state index in [9.17, 15) is 14.4 Å². The van der Waals surface area contributed by atoms with E-state index in [2.05, 4.69) is 15.8 Å². The van der Waals surface area contributed by atoms with Crippen molar-refractivity contribution in [1.82, 2.24) is 5.43 Å². The van der Waals surface area contributed by atoms with Gasteiger partial charge in [-0.25, -0.2) is 10.2 Å². The number of benzene rings is 3. The van der Waals surface area contributed by atoms with E-state index in [1.54, 1.807) is 49.4 Å². The molecule has 0 spiro atoms. The zero-order valence-corrected chi connectivity index (χ0v) is 20.5. The van der Waals surface area contributed by atoms with Gasteiger partial charge in [-0.05, 0) is 60.5 Å². The molecular formula is C25H17Cl2N3O4S. The summed E-state index contributed by atoms with van der Waals surface area (Å²) in [5.41, 5.74) is 3.85. The van der Waals surface area contributed by atoms with E-state index < -0.39 is 17.8 Å². The Morgan fingerprint density at radius 3 is 2.43 bits per heavy atom. The molecule has 4 aromatic rings. The van der Waals surface area contributed by atoms with E-state index >= 15 is 0 Å². The molecule has 10 heteroatoms. The number of ether oxygens (including phenoxy) is 1. The van der Waals surface area contributed by atoms with Crippen molar-refractivity contribution in [1.29, 1.82) is 0 Å². The third kappa shape index (κ3) is 5.68. The molecule has 4 rings (SSSR count). The standard InChI is InChI=1S/C25H17Cl2N3O4S/c1-14-18(26)6-4-7-19(14)29-23(31)24(32)30-28-13-15-9-11-16(12-10-15)34-25(33)22-21(27)17-5-2-3-8-20(17)35-22/h2-13H,1H3,(H,29,31)(H,30,32)/b28-13+. The molecule has 0 aliphatic rings. The van der Waals surface area contributed by atoms with Crippen LogP contribution in [0.1, 0.15) is 20.8 Å². The second kappa shape index (κ2) is 10.7. The first-order valence-electron chi connectivity index (χ1n) is 10.2. The van der Waals surface area contributed by atoms with Crippen LogP contribution in [0.3, 0.4) is 0 Å². The van der Waals surface area contributed by atoms with Crippen LogP contribution in [0.2, 0.25) is 10.0 Å². The summed E-state index contributed by atoms with van der Waals surface area (Å²) in [6.45, 7) is 1.73. The van der Waals surface area contributed by atoms with Crippen molar-refractivity contribution < 1.29 is 19.1 Å². The number of amides is 2. The molecule has 35 heavy (non-hydrogen) atoms. The molecule has 0 fully saturated rings. The van der Waals surface area contributed by atoms with Crippen LogP contribution in [0.15, 0.2) is 71.8 Å². The van der Waals surface area contributed by atoms with Crippen molar-refractivity contribution in [2.45, 2.75) is 6.92 Å². The zero-order chi connectivity index (χ0) is 24.9. The Morgan fingerprint density at radius 1 is 0.943 bits per heavy atom.